The van der Waals surface area contributed by atoms with Crippen LogP contribution in [0.4, 0.5) is 15.9 Å². The topological polar surface area (TPSA) is 93.3 Å². The molecule has 1 aromatic carbocycles. The highest BCUT2D eigenvalue weighted by molar-refractivity contribution is 5.75. The Kier molecular flexibility index (Phi) is 4.97. The predicted molar refractivity (Wildman–Crippen MR) is 94.8 cm³/mol. The zero-order valence-corrected chi connectivity index (χ0v) is 14.4. The van der Waals surface area contributed by atoms with Crippen molar-refractivity contribution in [3.8, 4) is 0 Å². The van der Waals surface area contributed by atoms with E-state index in [-0.39, 0.29) is 30.1 Å². The van der Waals surface area contributed by atoms with Crippen LogP contribution in [0.2, 0.25) is 0 Å². The molecule has 26 heavy (non-hydrogen) atoms. The zero-order chi connectivity index (χ0) is 18.7. The molecule has 0 aliphatic heterocycles. The molecule has 0 aliphatic carbocycles. The summed E-state index contributed by atoms with van der Waals surface area (Å²) < 4.78 is 15.3. The molecule has 0 radical (unpaired) electrons. The number of carbonyl (C=O) groups excluding carboxylic acids is 1. The van der Waals surface area contributed by atoms with Gasteiger partial charge in [-0.25, -0.2) is 18.3 Å². The van der Waals surface area contributed by atoms with Gasteiger partial charge >= 0.3 is 5.69 Å². The predicted octanol–water partition coefficient (Wildman–Crippen LogP) is 1.69. The Balaban J connectivity index is 1.81. The van der Waals surface area contributed by atoms with Crippen molar-refractivity contribution in [2.45, 2.75) is 32.9 Å². The summed E-state index contributed by atoms with van der Waals surface area (Å²) in [4.78, 5) is 28.5. The second-order valence-electron chi connectivity index (χ2n) is 5.93. The minimum atomic E-state index is -0.444. The first kappa shape index (κ1) is 17.6. The number of anilines is 2. The van der Waals surface area contributed by atoms with Crippen LogP contribution in [0.15, 0.2) is 41.3 Å². The molecule has 0 saturated carbocycles. The van der Waals surface area contributed by atoms with E-state index in [1.54, 1.807) is 18.2 Å². The Bertz CT molecular complexity index is 979. The van der Waals surface area contributed by atoms with E-state index in [1.165, 1.54) is 22.7 Å². The van der Waals surface area contributed by atoms with Crippen LogP contribution in [0.1, 0.15) is 20.3 Å². The van der Waals surface area contributed by atoms with E-state index in [4.69, 9.17) is 0 Å². The summed E-state index contributed by atoms with van der Waals surface area (Å²) in [5, 5.41) is 9.89. The maximum Gasteiger partial charge on any atom is 0.352 e. The van der Waals surface area contributed by atoms with Gasteiger partial charge in [0.15, 0.2) is 0 Å². The third-order valence-corrected chi connectivity index (χ3v) is 3.88. The lowest BCUT2D eigenvalue weighted by atomic mass is 10.2. The Morgan fingerprint density at radius 1 is 1.27 bits per heavy atom. The van der Waals surface area contributed by atoms with Crippen molar-refractivity contribution in [1.29, 1.82) is 0 Å². The summed E-state index contributed by atoms with van der Waals surface area (Å²) in [5.41, 5.74) is 0.207. The van der Waals surface area contributed by atoms with Gasteiger partial charge in [-0.15, -0.1) is 5.10 Å². The van der Waals surface area contributed by atoms with Crippen molar-refractivity contribution in [3.63, 3.8) is 0 Å². The fourth-order valence-corrected chi connectivity index (χ4v) is 2.32. The molecule has 1 amide bonds. The summed E-state index contributed by atoms with van der Waals surface area (Å²) >= 11 is 0. The van der Waals surface area contributed by atoms with Crippen LogP contribution in [0.3, 0.4) is 0 Å². The lowest BCUT2D eigenvalue weighted by Gasteiger charge is -2.10. The van der Waals surface area contributed by atoms with Crippen LogP contribution in [-0.4, -0.2) is 31.1 Å². The number of hydrogen-bond acceptors (Lipinski definition) is 5. The summed E-state index contributed by atoms with van der Waals surface area (Å²) in [7, 11) is 0. The number of hydrogen-bond donors (Lipinski definition) is 2. The molecule has 2 heterocycles. The van der Waals surface area contributed by atoms with Gasteiger partial charge < -0.3 is 10.6 Å². The molecule has 136 valence electrons. The van der Waals surface area contributed by atoms with Crippen molar-refractivity contribution >= 4 is 23.2 Å². The minimum Gasteiger partial charge on any atom is -0.352 e. The van der Waals surface area contributed by atoms with Crippen molar-refractivity contribution in [3.05, 3.63) is 52.8 Å². The monoisotopic (exact) mass is 358 g/mol. The third kappa shape index (κ3) is 3.88. The maximum absolute atomic E-state index is 13.0. The lowest BCUT2D eigenvalue weighted by Crippen LogP contribution is -2.37. The summed E-state index contributed by atoms with van der Waals surface area (Å²) in [6.45, 7) is 3.67. The van der Waals surface area contributed by atoms with Gasteiger partial charge in [-0.1, -0.05) is 6.92 Å². The number of fused-ring (bicyclic) bond motifs is 1. The molecule has 2 aromatic heterocycles. The number of halogens is 1. The van der Waals surface area contributed by atoms with E-state index in [9.17, 15) is 14.0 Å². The van der Waals surface area contributed by atoms with Crippen molar-refractivity contribution in [1.82, 2.24) is 24.5 Å². The number of nitrogens with zero attached hydrogens (tertiary/aromatic N) is 4. The lowest BCUT2D eigenvalue weighted by molar-refractivity contribution is -0.122. The third-order valence-electron chi connectivity index (χ3n) is 3.88. The Morgan fingerprint density at radius 3 is 2.69 bits per heavy atom. The molecule has 0 fully saturated rings. The molecule has 1 atom stereocenters. The number of benzene rings is 1. The van der Waals surface area contributed by atoms with Crippen molar-refractivity contribution < 1.29 is 9.18 Å². The molecular formula is C17H19FN6O2. The van der Waals surface area contributed by atoms with Crippen LogP contribution < -0.4 is 16.3 Å². The molecule has 0 aliphatic rings. The van der Waals surface area contributed by atoms with Crippen LogP contribution in [0.25, 0.3) is 5.78 Å². The molecule has 3 aromatic rings. The van der Waals surface area contributed by atoms with E-state index < -0.39 is 5.69 Å². The first-order chi connectivity index (χ1) is 12.5. The van der Waals surface area contributed by atoms with Crippen molar-refractivity contribution in [2.24, 2.45) is 0 Å². The average molecular weight is 358 g/mol. The minimum absolute atomic E-state index is 0.0277. The van der Waals surface area contributed by atoms with Gasteiger partial charge in [0, 0.05) is 17.9 Å². The molecule has 8 nitrogen and oxygen atoms in total. The smallest absolute Gasteiger partial charge is 0.352 e. The molecule has 9 heteroatoms. The molecule has 2 N–H and O–H groups in total. The Labute approximate surface area is 148 Å². The number of aromatic nitrogens is 4. The highest BCUT2D eigenvalue weighted by Crippen LogP contribution is 2.14. The Morgan fingerprint density at radius 2 is 2.00 bits per heavy atom. The first-order valence-electron chi connectivity index (χ1n) is 8.24. The van der Waals surface area contributed by atoms with Crippen LogP contribution in [0, 0.1) is 5.82 Å². The van der Waals surface area contributed by atoms with E-state index in [0.29, 0.717) is 11.5 Å². The second kappa shape index (κ2) is 7.34. The molecule has 0 saturated heterocycles. The zero-order valence-electron chi connectivity index (χ0n) is 14.4. The van der Waals surface area contributed by atoms with Crippen LogP contribution in [0.5, 0.6) is 0 Å². The number of amides is 1. The van der Waals surface area contributed by atoms with Crippen LogP contribution in [-0.2, 0) is 11.3 Å². The standard InChI is InChI=1S/C17H19FN6O2/c1-3-11(2)19-15(25)10-24-17(26)23-9-8-14(21-16(23)22-24)20-13-6-4-12(18)5-7-13/h4-9,11H,3,10H2,1-2H3,(H,19,25)(H,20,21,22)/t11-/m1/s1. The summed E-state index contributed by atoms with van der Waals surface area (Å²) in [5.74, 6) is -0.00166. The van der Waals surface area contributed by atoms with Crippen molar-refractivity contribution in [2.75, 3.05) is 5.32 Å². The maximum atomic E-state index is 13.0. The van der Waals surface area contributed by atoms with Gasteiger partial charge in [0.25, 0.3) is 5.78 Å². The van der Waals surface area contributed by atoms with Gasteiger partial charge in [0.2, 0.25) is 5.91 Å². The second-order valence-corrected chi connectivity index (χ2v) is 5.93. The average Bonchev–Trinajstić information content (AvgIpc) is 2.92. The van der Waals surface area contributed by atoms with Gasteiger partial charge in [-0.05, 0) is 43.7 Å². The largest absolute Gasteiger partial charge is 0.352 e. The molecule has 0 bridgehead atoms. The van der Waals surface area contributed by atoms with Crippen LogP contribution >= 0.6 is 0 Å². The van der Waals surface area contributed by atoms with E-state index in [2.05, 4.69) is 20.7 Å². The normalized spacial score (nSPS) is 12.1. The SMILES string of the molecule is CC[C@@H](C)NC(=O)Cn1nc2nc(Nc3ccc(F)cc3)ccn2c1=O. The Hall–Kier alpha value is -3.23. The van der Waals surface area contributed by atoms with E-state index in [0.717, 1.165) is 11.1 Å². The first-order valence-corrected chi connectivity index (χ1v) is 8.24. The summed E-state index contributed by atoms with van der Waals surface area (Å²) in [6, 6.07) is 7.44. The quantitative estimate of drug-likeness (QED) is 0.699. The molecular weight excluding hydrogens is 339 g/mol. The molecule has 0 unspecified atom stereocenters. The van der Waals surface area contributed by atoms with E-state index in [1.807, 2.05) is 13.8 Å². The number of carbonyl (C=O) groups is 1. The summed E-state index contributed by atoms with van der Waals surface area (Å²) in [6.07, 6.45) is 2.32. The number of nitrogens with one attached hydrogen (secondary N) is 2. The molecule has 3 rings (SSSR count). The van der Waals surface area contributed by atoms with Gasteiger partial charge in [-0.3, -0.25) is 4.79 Å². The molecule has 0 spiro atoms. The highest BCUT2D eigenvalue weighted by Gasteiger charge is 2.13. The van der Waals surface area contributed by atoms with Gasteiger partial charge in [0.1, 0.15) is 18.2 Å². The fourth-order valence-electron chi connectivity index (χ4n) is 2.32. The number of rotatable bonds is 6. The van der Waals surface area contributed by atoms with E-state index >= 15 is 0 Å². The highest BCUT2D eigenvalue weighted by atomic mass is 19.1. The fraction of sp³-hybridized carbons (Fsp3) is 0.294. The van der Waals surface area contributed by atoms with Gasteiger partial charge in [0.05, 0.1) is 0 Å². The van der Waals surface area contributed by atoms with Gasteiger partial charge in [-0.2, -0.15) is 4.98 Å².